The Morgan fingerprint density at radius 2 is 1.13 bits per heavy atom. The van der Waals surface area contributed by atoms with Crippen LogP contribution in [0.15, 0.2) is 0 Å². The van der Waals surface area contributed by atoms with Crippen molar-refractivity contribution in [1.82, 2.24) is 0 Å². The molecule has 216 valence electrons. The Balaban J connectivity index is 2.54. The lowest BCUT2D eigenvalue weighted by molar-refractivity contribution is -0.357. The Kier molecular flexibility index (Phi) is 11.4. The average Bonchev–Trinajstić information content (AvgIpc) is 2.79. The van der Waals surface area contributed by atoms with Crippen LogP contribution in [0.3, 0.4) is 0 Å². The second-order valence-electron chi connectivity index (χ2n) is 8.48. The van der Waals surface area contributed by atoms with E-state index in [1.165, 1.54) is 0 Å². The molecule has 0 radical (unpaired) electrons. The molecule has 0 aromatic carbocycles. The van der Waals surface area contributed by atoms with Crippen molar-refractivity contribution in [3.05, 3.63) is 0 Å². The minimum absolute atomic E-state index is 0.538. The van der Waals surface area contributed by atoms with Crippen LogP contribution in [0.2, 0.25) is 0 Å². The van der Waals surface area contributed by atoms with E-state index < -0.39 is 104 Å². The largest absolute Gasteiger partial charge is 0.463 e. The zero-order valence-electron chi connectivity index (χ0n) is 21.3. The predicted molar refractivity (Wildman–Crippen MR) is 116 cm³/mol. The Hall–Kier alpha value is -2.89. The van der Waals surface area contributed by atoms with E-state index in [9.17, 15) is 39.3 Å². The lowest BCUT2D eigenvalue weighted by Crippen LogP contribution is -2.66. The van der Waals surface area contributed by atoms with E-state index in [0.29, 0.717) is 0 Å². The van der Waals surface area contributed by atoms with Crippen molar-refractivity contribution in [2.75, 3.05) is 13.2 Å². The molecule has 0 bridgehead atoms. The van der Waals surface area contributed by atoms with Gasteiger partial charge in [-0.05, 0) is 0 Å². The van der Waals surface area contributed by atoms with Crippen LogP contribution in [0.5, 0.6) is 0 Å². The van der Waals surface area contributed by atoms with Gasteiger partial charge in [-0.15, -0.1) is 0 Å². The Morgan fingerprint density at radius 3 is 1.63 bits per heavy atom. The molecule has 0 spiro atoms. The Morgan fingerprint density at radius 1 is 0.632 bits per heavy atom. The number of aliphatic hydroxyl groups is 3. The van der Waals surface area contributed by atoms with E-state index in [0.717, 1.165) is 34.6 Å². The maximum absolute atomic E-state index is 12.0. The van der Waals surface area contributed by atoms with Gasteiger partial charge < -0.3 is 53.2 Å². The smallest absolute Gasteiger partial charge is 0.303 e. The van der Waals surface area contributed by atoms with Gasteiger partial charge in [0.1, 0.15) is 31.0 Å². The van der Waals surface area contributed by atoms with Crippen LogP contribution in [0.25, 0.3) is 0 Å². The van der Waals surface area contributed by atoms with Crippen molar-refractivity contribution in [2.45, 2.75) is 96.0 Å². The van der Waals surface area contributed by atoms with Crippen LogP contribution in [0, 0.1) is 0 Å². The molecule has 2 aliphatic rings. The molecule has 10 atom stereocenters. The SMILES string of the molecule is CC(=O)OC[C@H]1O[C@H](O[C@H]2[C@H](O)[C@@H](CO)O[C@H](O)[C@H]2OC(C)=O)[C@@H](OC(C)=O)[C@@H](OC(C)=O)[C@@H]1OC(C)=O. The highest BCUT2D eigenvalue weighted by Gasteiger charge is 2.56. The molecule has 16 heteroatoms. The summed E-state index contributed by atoms with van der Waals surface area (Å²) >= 11 is 0. The van der Waals surface area contributed by atoms with Gasteiger partial charge in [0, 0.05) is 34.6 Å². The number of rotatable bonds is 9. The summed E-state index contributed by atoms with van der Waals surface area (Å²) in [6, 6.07) is 0. The van der Waals surface area contributed by atoms with Crippen LogP contribution in [-0.4, -0.2) is 120 Å². The number of carbonyl (C=O) groups excluding carboxylic acids is 5. The lowest BCUT2D eigenvalue weighted by Gasteiger charge is -2.47. The van der Waals surface area contributed by atoms with Crippen LogP contribution >= 0.6 is 0 Å². The molecule has 0 amide bonds. The molecule has 3 N–H and O–H groups in total. The van der Waals surface area contributed by atoms with Crippen LogP contribution < -0.4 is 0 Å². The van der Waals surface area contributed by atoms with Gasteiger partial charge >= 0.3 is 29.8 Å². The van der Waals surface area contributed by atoms with E-state index >= 15 is 0 Å². The molecule has 2 rings (SSSR count). The second kappa shape index (κ2) is 13.8. The van der Waals surface area contributed by atoms with E-state index in [1.54, 1.807) is 0 Å². The first kappa shape index (κ1) is 31.3. The number of esters is 5. The van der Waals surface area contributed by atoms with Gasteiger partial charge in [-0.1, -0.05) is 0 Å². The number of hydrogen-bond acceptors (Lipinski definition) is 16. The molecule has 0 aromatic rings. The van der Waals surface area contributed by atoms with Gasteiger partial charge in [0.2, 0.25) is 0 Å². The monoisotopic (exact) mass is 552 g/mol. The minimum Gasteiger partial charge on any atom is -0.463 e. The topological polar surface area (TPSA) is 220 Å². The molecule has 2 fully saturated rings. The first-order valence-corrected chi connectivity index (χ1v) is 11.5. The fourth-order valence-corrected chi connectivity index (χ4v) is 3.98. The van der Waals surface area contributed by atoms with Crippen molar-refractivity contribution < 1.29 is 77.2 Å². The maximum Gasteiger partial charge on any atom is 0.303 e. The highest BCUT2D eigenvalue weighted by atomic mass is 16.8. The molecule has 0 unspecified atom stereocenters. The van der Waals surface area contributed by atoms with Crippen molar-refractivity contribution in [1.29, 1.82) is 0 Å². The lowest BCUT2D eigenvalue weighted by atomic mass is 9.96. The summed E-state index contributed by atoms with van der Waals surface area (Å²) in [5, 5.41) is 30.7. The number of hydrogen-bond donors (Lipinski definition) is 3. The quantitative estimate of drug-likeness (QED) is 0.198. The number of carbonyl (C=O) groups is 5. The molecule has 0 saturated carbocycles. The van der Waals surface area contributed by atoms with Crippen molar-refractivity contribution in [3.8, 4) is 0 Å². The van der Waals surface area contributed by atoms with Crippen molar-refractivity contribution in [3.63, 3.8) is 0 Å². The van der Waals surface area contributed by atoms with E-state index in [-0.39, 0.29) is 0 Å². The van der Waals surface area contributed by atoms with Crippen LogP contribution in [-0.2, 0) is 61.9 Å². The number of aliphatic hydroxyl groups excluding tert-OH is 3. The third kappa shape index (κ3) is 8.31. The fraction of sp³-hybridized carbons (Fsp3) is 0.773. The molecular formula is C22H32O16. The molecule has 2 heterocycles. The maximum atomic E-state index is 12.0. The van der Waals surface area contributed by atoms with Crippen molar-refractivity contribution in [2.24, 2.45) is 0 Å². The zero-order valence-corrected chi connectivity index (χ0v) is 21.3. The van der Waals surface area contributed by atoms with Gasteiger partial charge in [0.15, 0.2) is 37.0 Å². The summed E-state index contributed by atoms with van der Waals surface area (Å²) in [5.41, 5.74) is 0. The molecule has 2 saturated heterocycles. The molecule has 2 aliphatic heterocycles. The fourth-order valence-electron chi connectivity index (χ4n) is 3.98. The molecular weight excluding hydrogens is 520 g/mol. The van der Waals surface area contributed by atoms with Gasteiger partial charge in [-0.3, -0.25) is 24.0 Å². The normalized spacial score (nSPS) is 34.9. The van der Waals surface area contributed by atoms with Gasteiger partial charge in [0.25, 0.3) is 0 Å². The third-order valence-electron chi connectivity index (χ3n) is 5.36. The van der Waals surface area contributed by atoms with E-state index in [1.807, 2.05) is 0 Å². The minimum atomic E-state index is -1.87. The predicted octanol–water partition coefficient (Wildman–Crippen LogP) is -2.54. The highest BCUT2D eigenvalue weighted by Crippen LogP contribution is 2.33. The van der Waals surface area contributed by atoms with Crippen LogP contribution in [0.4, 0.5) is 0 Å². The van der Waals surface area contributed by atoms with Gasteiger partial charge in [0.05, 0.1) is 6.61 Å². The summed E-state index contributed by atoms with van der Waals surface area (Å²) in [6.45, 7) is 3.90. The van der Waals surface area contributed by atoms with Gasteiger partial charge in [-0.2, -0.15) is 0 Å². The highest BCUT2D eigenvalue weighted by molar-refractivity contribution is 5.69. The first-order chi connectivity index (χ1) is 17.7. The molecule has 38 heavy (non-hydrogen) atoms. The first-order valence-electron chi connectivity index (χ1n) is 11.5. The van der Waals surface area contributed by atoms with Crippen molar-refractivity contribution >= 4 is 29.8 Å². The van der Waals surface area contributed by atoms with E-state index in [2.05, 4.69) is 0 Å². The third-order valence-corrected chi connectivity index (χ3v) is 5.36. The summed E-state index contributed by atoms with van der Waals surface area (Å²) in [7, 11) is 0. The zero-order chi connectivity index (χ0) is 28.7. The number of ether oxygens (including phenoxy) is 8. The molecule has 16 nitrogen and oxygen atoms in total. The Bertz CT molecular complexity index is 875. The summed E-state index contributed by atoms with van der Waals surface area (Å²) in [4.78, 5) is 58.9. The molecule has 0 aromatic heterocycles. The molecule has 0 aliphatic carbocycles. The standard InChI is InChI=1S/C22H32O16/c1-8(24)31-7-14-16(32-9(2)25)18(33-10(3)26)20(35-12(5)28)22(37-14)38-17-15(29)13(6-23)36-21(30)19(17)34-11(4)27/h13-23,29-30H,6-7H2,1-5H3/t13-,14-,15-,16-,17+,18+,19+,20+,21+,22-/m1/s1. The summed E-state index contributed by atoms with van der Waals surface area (Å²) < 4.78 is 42.6. The summed E-state index contributed by atoms with van der Waals surface area (Å²) in [5.74, 6) is -4.24. The van der Waals surface area contributed by atoms with Gasteiger partial charge in [-0.25, -0.2) is 0 Å². The summed E-state index contributed by atoms with van der Waals surface area (Å²) in [6.07, 6.45) is -16.1. The van der Waals surface area contributed by atoms with Crippen LogP contribution in [0.1, 0.15) is 34.6 Å². The average molecular weight is 552 g/mol. The van der Waals surface area contributed by atoms with E-state index in [4.69, 9.17) is 37.9 Å². The Labute approximate surface area is 216 Å². The second-order valence-corrected chi connectivity index (χ2v) is 8.48.